The van der Waals surface area contributed by atoms with E-state index >= 15 is 0 Å². The summed E-state index contributed by atoms with van der Waals surface area (Å²) in [6, 6.07) is 7.85. The van der Waals surface area contributed by atoms with E-state index in [4.69, 9.17) is 9.84 Å². The van der Waals surface area contributed by atoms with E-state index in [0.29, 0.717) is 25.9 Å². The van der Waals surface area contributed by atoms with Crippen molar-refractivity contribution < 1.29 is 29.6 Å². The fourth-order valence-electron chi connectivity index (χ4n) is 3.98. The molecule has 1 aliphatic carbocycles. The van der Waals surface area contributed by atoms with Crippen LogP contribution in [0, 0.1) is 11.8 Å². The van der Waals surface area contributed by atoms with Crippen molar-refractivity contribution in [3.8, 4) is 0 Å². The van der Waals surface area contributed by atoms with Crippen LogP contribution < -0.4 is 0 Å². The largest absolute Gasteiger partial charge is 0.478 e. The molecule has 2 rings (SSSR count). The van der Waals surface area contributed by atoms with Gasteiger partial charge in [-0.05, 0) is 30.4 Å². The number of ketones is 1. The molecule has 0 bridgehead atoms. The SMILES string of the molecule is COCc1cccc(C[C@H](O)C=C[C@H]2[C@H](O)CC(=O)[C@@H]2CCCCC=CC(=O)O)c1. The van der Waals surface area contributed by atoms with E-state index in [1.54, 1.807) is 25.3 Å². The molecule has 164 valence electrons. The van der Waals surface area contributed by atoms with E-state index in [1.165, 1.54) is 0 Å². The number of allylic oxidation sites excluding steroid dienone is 1. The summed E-state index contributed by atoms with van der Waals surface area (Å²) in [4.78, 5) is 22.7. The number of carboxylic acids is 1. The van der Waals surface area contributed by atoms with Gasteiger partial charge in [-0.3, -0.25) is 4.79 Å². The molecule has 0 aromatic heterocycles. The first-order valence-corrected chi connectivity index (χ1v) is 10.4. The minimum absolute atomic E-state index is 0.0555. The summed E-state index contributed by atoms with van der Waals surface area (Å²) in [5.74, 6) is -1.45. The number of carboxylic acid groups (broad SMARTS) is 1. The topological polar surface area (TPSA) is 104 Å². The first-order valence-electron chi connectivity index (χ1n) is 10.4. The molecule has 1 aromatic carbocycles. The number of Topliss-reactive ketones (excluding diaryl/α,β-unsaturated/α-hetero) is 1. The molecular weight excluding hydrogens is 384 g/mol. The average molecular weight is 417 g/mol. The zero-order valence-electron chi connectivity index (χ0n) is 17.4. The van der Waals surface area contributed by atoms with Crippen LogP contribution >= 0.6 is 0 Å². The Morgan fingerprint density at radius 3 is 2.80 bits per heavy atom. The van der Waals surface area contributed by atoms with Crippen molar-refractivity contribution in [2.24, 2.45) is 11.8 Å². The van der Waals surface area contributed by atoms with E-state index in [2.05, 4.69) is 0 Å². The van der Waals surface area contributed by atoms with Gasteiger partial charge in [-0.1, -0.05) is 48.9 Å². The maximum atomic E-state index is 12.3. The highest BCUT2D eigenvalue weighted by Gasteiger charge is 2.39. The molecule has 0 saturated heterocycles. The Bertz CT molecular complexity index is 754. The van der Waals surface area contributed by atoms with Crippen LogP contribution in [0.4, 0.5) is 0 Å². The smallest absolute Gasteiger partial charge is 0.327 e. The van der Waals surface area contributed by atoms with E-state index < -0.39 is 18.2 Å². The molecule has 6 nitrogen and oxygen atoms in total. The molecule has 0 spiro atoms. The number of aliphatic hydroxyl groups excluding tert-OH is 2. The number of aliphatic carboxylic acids is 1. The summed E-state index contributed by atoms with van der Waals surface area (Å²) in [6.07, 6.45) is 8.26. The average Bonchev–Trinajstić information content (AvgIpc) is 2.95. The predicted octanol–water partition coefficient (Wildman–Crippen LogP) is 3.06. The highest BCUT2D eigenvalue weighted by atomic mass is 16.5. The van der Waals surface area contributed by atoms with E-state index in [-0.39, 0.29) is 24.0 Å². The van der Waals surface area contributed by atoms with Crippen molar-refractivity contribution in [2.45, 2.75) is 57.3 Å². The molecule has 1 saturated carbocycles. The van der Waals surface area contributed by atoms with Crippen LogP contribution in [0.1, 0.15) is 43.2 Å². The van der Waals surface area contributed by atoms with Gasteiger partial charge in [0.15, 0.2) is 0 Å². The number of ether oxygens (including phenoxy) is 1. The Morgan fingerprint density at radius 1 is 1.30 bits per heavy atom. The fraction of sp³-hybridized carbons (Fsp3) is 0.500. The predicted molar refractivity (Wildman–Crippen MR) is 114 cm³/mol. The van der Waals surface area contributed by atoms with Gasteiger partial charge in [-0.25, -0.2) is 4.79 Å². The van der Waals surface area contributed by atoms with Gasteiger partial charge in [0.05, 0.1) is 18.8 Å². The lowest BCUT2D eigenvalue weighted by Crippen LogP contribution is -2.19. The molecule has 0 heterocycles. The number of rotatable bonds is 12. The molecule has 1 fully saturated rings. The van der Waals surface area contributed by atoms with Crippen LogP contribution in [0.25, 0.3) is 0 Å². The number of methoxy groups -OCH3 is 1. The van der Waals surface area contributed by atoms with Crippen molar-refractivity contribution in [2.75, 3.05) is 7.11 Å². The van der Waals surface area contributed by atoms with Crippen LogP contribution in [-0.4, -0.2) is 46.4 Å². The number of aliphatic hydroxyl groups is 2. The third kappa shape index (κ3) is 7.86. The normalized spacial score (nSPS) is 22.9. The van der Waals surface area contributed by atoms with Crippen LogP contribution in [0.2, 0.25) is 0 Å². The van der Waals surface area contributed by atoms with Crippen LogP contribution in [0.3, 0.4) is 0 Å². The second kappa shape index (κ2) is 12.4. The molecule has 0 radical (unpaired) electrons. The summed E-state index contributed by atoms with van der Waals surface area (Å²) in [5.41, 5.74) is 2.04. The van der Waals surface area contributed by atoms with Crippen molar-refractivity contribution in [3.63, 3.8) is 0 Å². The summed E-state index contributed by atoms with van der Waals surface area (Å²) >= 11 is 0. The third-order valence-electron chi connectivity index (χ3n) is 5.43. The first kappa shape index (κ1) is 24.0. The summed E-state index contributed by atoms with van der Waals surface area (Å²) in [5, 5.41) is 29.3. The van der Waals surface area contributed by atoms with Crippen molar-refractivity contribution >= 4 is 11.8 Å². The zero-order valence-corrected chi connectivity index (χ0v) is 17.4. The van der Waals surface area contributed by atoms with Crippen molar-refractivity contribution in [1.29, 1.82) is 0 Å². The van der Waals surface area contributed by atoms with Gasteiger partial charge >= 0.3 is 5.97 Å². The lowest BCUT2D eigenvalue weighted by Gasteiger charge is -2.18. The number of hydrogen-bond donors (Lipinski definition) is 3. The zero-order chi connectivity index (χ0) is 21.9. The maximum Gasteiger partial charge on any atom is 0.327 e. The fourth-order valence-corrected chi connectivity index (χ4v) is 3.98. The number of carbonyl (C=O) groups excluding carboxylic acids is 1. The van der Waals surface area contributed by atoms with Crippen LogP contribution in [0.5, 0.6) is 0 Å². The number of carbonyl (C=O) groups is 2. The maximum absolute atomic E-state index is 12.3. The monoisotopic (exact) mass is 416 g/mol. The van der Waals surface area contributed by atoms with Gasteiger partial charge in [0.2, 0.25) is 0 Å². The van der Waals surface area contributed by atoms with Gasteiger partial charge in [0, 0.05) is 37.9 Å². The molecule has 30 heavy (non-hydrogen) atoms. The Balaban J connectivity index is 1.88. The van der Waals surface area contributed by atoms with Crippen LogP contribution in [0.15, 0.2) is 48.6 Å². The Kier molecular flexibility index (Phi) is 9.94. The molecular formula is C24H32O6. The minimum Gasteiger partial charge on any atom is -0.478 e. The minimum atomic E-state index is -0.960. The van der Waals surface area contributed by atoms with Crippen molar-refractivity contribution in [1.82, 2.24) is 0 Å². The summed E-state index contributed by atoms with van der Waals surface area (Å²) in [7, 11) is 1.64. The van der Waals surface area contributed by atoms with Gasteiger partial charge in [0.25, 0.3) is 0 Å². The second-order valence-electron chi connectivity index (χ2n) is 7.86. The molecule has 0 aliphatic heterocycles. The molecule has 4 atom stereocenters. The van der Waals surface area contributed by atoms with Crippen molar-refractivity contribution in [3.05, 3.63) is 59.7 Å². The second-order valence-corrected chi connectivity index (χ2v) is 7.86. The lowest BCUT2D eigenvalue weighted by atomic mass is 9.88. The van der Waals surface area contributed by atoms with Gasteiger partial charge in [0.1, 0.15) is 5.78 Å². The van der Waals surface area contributed by atoms with Crippen LogP contribution in [-0.2, 0) is 27.4 Å². The molecule has 3 N–H and O–H groups in total. The Hall–Kier alpha value is -2.28. The number of hydrogen-bond acceptors (Lipinski definition) is 5. The summed E-state index contributed by atoms with van der Waals surface area (Å²) in [6.45, 7) is 0.518. The van der Waals surface area contributed by atoms with Gasteiger partial charge in [-0.2, -0.15) is 0 Å². The summed E-state index contributed by atoms with van der Waals surface area (Å²) < 4.78 is 5.13. The molecule has 0 unspecified atom stereocenters. The van der Waals surface area contributed by atoms with Gasteiger partial charge in [-0.15, -0.1) is 0 Å². The molecule has 1 aliphatic rings. The molecule has 0 amide bonds. The lowest BCUT2D eigenvalue weighted by molar-refractivity contribution is -0.131. The standard InChI is InChI=1S/C24H32O6/c1-30-16-18-8-6-7-17(13-18)14-19(25)11-12-21-20(22(26)15-23(21)27)9-4-2-3-5-10-24(28)29/h5-8,10-13,19-21,23,25,27H,2-4,9,14-16H2,1H3,(H,28,29)/t19-,20-,21-,23-/m1/s1. The quantitative estimate of drug-likeness (QED) is 0.275. The highest BCUT2D eigenvalue weighted by molar-refractivity contribution is 5.84. The number of unbranched alkanes of at least 4 members (excludes halogenated alkanes) is 2. The Morgan fingerprint density at radius 2 is 2.07 bits per heavy atom. The van der Waals surface area contributed by atoms with E-state index in [1.807, 2.05) is 24.3 Å². The van der Waals surface area contributed by atoms with E-state index in [0.717, 1.165) is 30.0 Å². The van der Waals surface area contributed by atoms with E-state index in [9.17, 15) is 19.8 Å². The molecule has 6 heteroatoms. The Labute approximate surface area is 177 Å². The first-order chi connectivity index (χ1) is 14.4. The number of benzene rings is 1. The third-order valence-corrected chi connectivity index (χ3v) is 5.43. The molecule has 1 aromatic rings. The van der Waals surface area contributed by atoms with Gasteiger partial charge < -0.3 is 20.1 Å². The highest BCUT2D eigenvalue weighted by Crippen LogP contribution is 2.34.